The van der Waals surface area contributed by atoms with E-state index in [-0.39, 0.29) is 10.7 Å². The molecule has 1 aromatic rings. The number of hydrogen-bond acceptors (Lipinski definition) is 3. The van der Waals surface area contributed by atoms with Crippen molar-refractivity contribution in [2.24, 2.45) is 0 Å². The smallest absolute Gasteiger partial charge is 0.268 e. The van der Waals surface area contributed by atoms with E-state index in [1.807, 2.05) is 36.7 Å². The van der Waals surface area contributed by atoms with E-state index in [1.165, 1.54) is 6.33 Å². The minimum atomic E-state index is -0.0608. The van der Waals surface area contributed by atoms with Crippen molar-refractivity contribution in [2.75, 3.05) is 20.6 Å². The van der Waals surface area contributed by atoms with E-state index >= 15 is 0 Å². The van der Waals surface area contributed by atoms with Gasteiger partial charge in [0.2, 0.25) is 0 Å². The van der Waals surface area contributed by atoms with Crippen molar-refractivity contribution >= 4 is 34.2 Å². The molecule has 1 heterocycles. The van der Waals surface area contributed by atoms with E-state index in [0.29, 0.717) is 10.1 Å². The van der Waals surface area contributed by atoms with Crippen molar-refractivity contribution in [3.63, 3.8) is 0 Å². The monoisotopic (exact) mass is 341 g/mol. The Balaban J connectivity index is 2.71. The number of rotatable bonds is 4. The third-order valence-corrected chi connectivity index (χ3v) is 3.52. The molecule has 0 aliphatic carbocycles. The van der Waals surface area contributed by atoms with E-state index in [9.17, 15) is 4.79 Å². The van der Waals surface area contributed by atoms with Gasteiger partial charge in [-0.1, -0.05) is 11.6 Å². The first-order valence-electron chi connectivity index (χ1n) is 4.57. The zero-order chi connectivity index (χ0) is 11.4. The van der Waals surface area contributed by atoms with Crippen molar-refractivity contribution in [1.29, 1.82) is 0 Å². The van der Waals surface area contributed by atoms with Gasteiger partial charge in [0.15, 0.2) is 0 Å². The summed E-state index contributed by atoms with van der Waals surface area (Å²) in [7, 11) is 4.01. The number of aromatic nitrogens is 2. The van der Waals surface area contributed by atoms with Gasteiger partial charge >= 0.3 is 0 Å². The maximum Gasteiger partial charge on any atom is 0.268 e. The van der Waals surface area contributed by atoms with Gasteiger partial charge in [0.05, 0.1) is 6.33 Å². The molecule has 4 nitrogen and oxygen atoms in total. The van der Waals surface area contributed by atoms with Crippen LogP contribution in [0.4, 0.5) is 0 Å². The first-order chi connectivity index (χ1) is 7.02. The molecule has 0 aromatic carbocycles. The third-order valence-electron chi connectivity index (χ3n) is 1.94. The number of hydrogen-bond donors (Lipinski definition) is 0. The van der Waals surface area contributed by atoms with Crippen LogP contribution in [0.1, 0.15) is 6.42 Å². The zero-order valence-electron chi connectivity index (χ0n) is 8.70. The van der Waals surface area contributed by atoms with Crippen LogP contribution in [-0.4, -0.2) is 35.1 Å². The van der Waals surface area contributed by atoms with Crippen LogP contribution in [0.3, 0.4) is 0 Å². The quantitative estimate of drug-likeness (QED) is 0.615. The summed E-state index contributed by atoms with van der Waals surface area (Å²) in [5.41, 5.74) is -0.0608. The summed E-state index contributed by atoms with van der Waals surface area (Å²) in [6.45, 7) is 1.63. The topological polar surface area (TPSA) is 38.1 Å². The molecule has 1 rings (SSSR count). The Kier molecular flexibility index (Phi) is 5.01. The molecule has 0 spiro atoms. The molecule has 0 radical (unpaired) electrons. The average Bonchev–Trinajstić information content (AvgIpc) is 2.18. The van der Waals surface area contributed by atoms with Crippen LogP contribution < -0.4 is 5.56 Å². The maximum atomic E-state index is 11.7. The highest BCUT2D eigenvalue weighted by Crippen LogP contribution is 2.09. The lowest BCUT2D eigenvalue weighted by Crippen LogP contribution is -2.25. The minimum absolute atomic E-state index is 0.0608. The molecule has 0 unspecified atom stereocenters. The van der Waals surface area contributed by atoms with Crippen molar-refractivity contribution < 1.29 is 0 Å². The summed E-state index contributed by atoms with van der Waals surface area (Å²) < 4.78 is 2.08. The summed E-state index contributed by atoms with van der Waals surface area (Å²) in [5, 5.41) is 0.282. The van der Waals surface area contributed by atoms with Gasteiger partial charge in [-0.05, 0) is 49.7 Å². The maximum absolute atomic E-state index is 11.7. The summed E-state index contributed by atoms with van der Waals surface area (Å²) >= 11 is 7.65. The Morgan fingerprint density at radius 2 is 2.27 bits per heavy atom. The van der Waals surface area contributed by atoms with E-state index in [0.717, 1.165) is 13.0 Å². The van der Waals surface area contributed by atoms with Gasteiger partial charge in [-0.25, -0.2) is 4.98 Å². The SMILES string of the molecule is CN(C)CCCn1cnc(Cl)c(I)c1=O. The van der Waals surface area contributed by atoms with Gasteiger partial charge in [0, 0.05) is 6.54 Å². The summed E-state index contributed by atoms with van der Waals surface area (Å²) in [6, 6.07) is 0. The van der Waals surface area contributed by atoms with Crippen LogP contribution in [0.5, 0.6) is 0 Å². The molecule has 0 atom stereocenters. The van der Waals surface area contributed by atoms with Crippen molar-refractivity contribution in [1.82, 2.24) is 14.5 Å². The van der Waals surface area contributed by atoms with Crippen LogP contribution in [-0.2, 0) is 6.54 Å². The molecule has 84 valence electrons. The van der Waals surface area contributed by atoms with E-state index < -0.39 is 0 Å². The molecule has 0 fully saturated rings. The van der Waals surface area contributed by atoms with Crippen LogP contribution >= 0.6 is 34.2 Å². The second kappa shape index (κ2) is 5.81. The van der Waals surface area contributed by atoms with Crippen LogP contribution in [0.25, 0.3) is 0 Å². The van der Waals surface area contributed by atoms with Gasteiger partial charge in [0.1, 0.15) is 8.72 Å². The number of nitrogens with zero attached hydrogens (tertiary/aromatic N) is 3. The van der Waals surface area contributed by atoms with E-state index in [1.54, 1.807) is 4.57 Å². The lowest BCUT2D eigenvalue weighted by Gasteiger charge is -2.10. The molecule has 15 heavy (non-hydrogen) atoms. The Bertz CT molecular complexity index is 391. The van der Waals surface area contributed by atoms with Crippen LogP contribution in [0.15, 0.2) is 11.1 Å². The molecule has 1 aromatic heterocycles. The van der Waals surface area contributed by atoms with Crippen LogP contribution in [0.2, 0.25) is 5.15 Å². The molecular weight excluding hydrogens is 328 g/mol. The molecule has 0 aliphatic heterocycles. The fourth-order valence-corrected chi connectivity index (χ4v) is 1.73. The predicted octanol–water partition coefficient (Wildman–Crippen LogP) is 1.45. The highest BCUT2D eigenvalue weighted by Gasteiger charge is 2.06. The lowest BCUT2D eigenvalue weighted by atomic mass is 10.4. The molecule has 0 aliphatic rings. The van der Waals surface area contributed by atoms with E-state index in [2.05, 4.69) is 9.88 Å². The zero-order valence-corrected chi connectivity index (χ0v) is 11.6. The standard InChI is InChI=1S/C9H13ClIN3O/c1-13(2)4-3-5-14-6-12-8(10)7(11)9(14)15/h6H,3-5H2,1-2H3. The normalized spacial score (nSPS) is 11.0. The van der Waals surface area contributed by atoms with Gasteiger partial charge in [-0.3, -0.25) is 9.36 Å². The molecule has 6 heteroatoms. The number of aryl methyl sites for hydroxylation is 1. The van der Waals surface area contributed by atoms with Gasteiger partial charge in [-0.2, -0.15) is 0 Å². The van der Waals surface area contributed by atoms with E-state index in [4.69, 9.17) is 11.6 Å². The molecule has 0 saturated heterocycles. The molecule has 0 amide bonds. The van der Waals surface area contributed by atoms with Gasteiger partial charge in [-0.15, -0.1) is 0 Å². The van der Waals surface area contributed by atoms with Crippen molar-refractivity contribution in [2.45, 2.75) is 13.0 Å². The molecule has 0 saturated carbocycles. The van der Waals surface area contributed by atoms with Crippen LogP contribution in [0, 0.1) is 3.57 Å². The fourth-order valence-electron chi connectivity index (χ4n) is 1.16. The predicted molar refractivity (Wildman–Crippen MR) is 69.4 cm³/mol. The largest absolute Gasteiger partial charge is 0.309 e. The molecule has 0 N–H and O–H groups in total. The first-order valence-corrected chi connectivity index (χ1v) is 6.03. The third kappa shape index (κ3) is 3.73. The highest BCUT2D eigenvalue weighted by atomic mass is 127. The Labute approximate surface area is 107 Å². The summed E-state index contributed by atoms with van der Waals surface area (Å²) in [6.07, 6.45) is 2.43. The van der Waals surface area contributed by atoms with Gasteiger partial charge < -0.3 is 4.90 Å². The van der Waals surface area contributed by atoms with Crippen molar-refractivity contribution in [3.05, 3.63) is 25.4 Å². The Hall–Kier alpha value is -0.140. The summed E-state index contributed by atoms with van der Waals surface area (Å²) in [5.74, 6) is 0. The number of halogens is 2. The van der Waals surface area contributed by atoms with Crippen molar-refractivity contribution in [3.8, 4) is 0 Å². The fraction of sp³-hybridized carbons (Fsp3) is 0.556. The molecular formula is C9H13ClIN3O. The second-order valence-electron chi connectivity index (χ2n) is 3.50. The average molecular weight is 342 g/mol. The lowest BCUT2D eigenvalue weighted by molar-refractivity contribution is 0.384. The first kappa shape index (κ1) is 12.9. The molecule has 0 bridgehead atoms. The highest BCUT2D eigenvalue weighted by molar-refractivity contribution is 14.1. The summed E-state index contributed by atoms with van der Waals surface area (Å²) in [4.78, 5) is 17.7. The Morgan fingerprint density at radius 3 is 2.87 bits per heavy atom. The Morgan fingerprint density at radius 1 is 1.60 bits per heavy atom. The second-order valence-corrected chi connectivity index (χ2v) is 4.94. The minimum Gasteiger partial charge on any atom is -0.309 e. The van der Waals surface area contributed by atoms with Gasteiger partial charge in [0.25, 0.3) is 5.56 Å².